The lowest BCUT2D eigenvalue weighted by atomic mass is 10.1. The molecule has 0 saturated heterocycles. The lowest BCUT2D eigenvalue weighted by Crippen LogP contribution is -2.31. The molecule has 0 saturated carbocycles. The van der Waals surface area contributed by atoms with Crippen molar-refractivity contribution in [1.29, 1.82) is 0 Å². The summed E-state index contributed by atoms with van der Waals surface area (Å²) in [7, 11) is 1.64. The smallest absolute Gasteiger partial charge is 0.258 e. The van der Waals surface area contributed by atoms with Crippen LogP contribution in [0.1, 0.15) is 36.1 Å². The molecule has 4 nitrogen and oxygen atoms in total. The van der Waals surface area contributed by atoms with Gasteiger partial charge in [0, 0.05) is 0 Å². The van der Waals surface area contributed by atoms with Crippen molar-refractivity contribution in [3.05, 3.63) is 59.2 Å². The van der Waals surface area contributed by atoms with Crippen LogP contribution in [0.2, 0.25) is 0 Å². The third-order valence-electron chi connectivity index (χ3n) is 4.43. The van der Waals surface area contributed by atoms with Crippen molar-refractivity contribution in [1.82, 2.24) is 5.32 Å². The van der Waals surface area contributed by atoms with Crippen LogP contribution in [0.4, 0.5) is 0 Å². The molecule has 2 aromatic carbocycles. The Morgan fingerprint density at radius 3 is 2.54 bits per heavy atom. The molecule has 1 amide bonds. The topological polar surface area (TPSA) is 47.6 Å². The second kappa shape index (κ2) is 7.39. The fraction of sp³-hybridized carbons (Fsp3) is 0.350. The number of amides is 1. The van der Waals surface area contributed by atoms with E-state index in [0.717, 1.165) is 29.9 Å². The average molecular weight is 325 g/mol. The van der Waals surface area contributed by atoms with Crippen LogP contribution in [0.5, 0.6) is 11.5 Å². The monoisotopic (exact) mass is 325 g/mol. The first-order valence-corrected chi connectivity index (χ1v) is 8.33. The number of rotatable bonds is 6. The number of carbonyl (C=O) groups is 1. The van der Waals surface area contributed by atoms with Gasteiger partial charge in [-0.25, -0.2) is 0 Å². The highest BCUT2D eigenvalue weighted by molar-refractivity contribution is 5.78. The lowest BCUT2D eigenvalue weighted by molar-refractivity contribution is -0.123. The van der Waals surface area contributed by atoms with Crippen molar-refractivity contribution in [2.75, 3.05) is 13.7 Å². The summed E-state index contributed by atoms with van der Waals surface area (Å²) in [4.78, 5) is 12.1. The number of carbonyl (C=O) groups excluding carboxylic acids is 1. The van der Waals surface area contributed by atoms with E-state index in [4.69, 9.17) is 9.47 Å². The SMILES string of the molecule is COc1ccc([C@H](C)NC(=O)COc2ccc3c(c2)CCC3)cc1. The van der Waals surface area contributed by atoms with Crippen LogP contribution < -0.4 is 14.8 Å². The van der Waals surface area contributed by atoms with Gasteiger partial charge in [-0.15, -0.1) is 0 Å². The normalized spacial score (nSPS) is 13.9. The van der Waals surface area contributed by atoms with Crippen LogP contribution in [0.15, 0.2) is 42.5 Å². The highest BCUT2D eigenvalue weighted by Crippen LogP contribution is 2.26. The quantitative estimate of drug-likeness (QED) is 0.885. The van der Waals surface area contributed by atoms with Crippen LogP contribution in [-0.2, 0) is 17.6 Å². The molecule has 0 radical (unpaired) electrons. The van der Waals surface area contributed by atoms with Gasteiger partial charge in [0.25, 0.3) is 5.91 Å². The van der Waals surface area contributed by atoms with E-state index in [2.05, 4.69) is 17.4 Å². The summed E-state index contributed by atoms with van der Waals surface area (Å²) < 4.78 is 10.8. The summed E-state index contributed by atoms with van der Waals surface area (Å²) >= 11 is 0. The standard InChI is InChI=1S/C20H23NO3/c1-14(15-6-9-18(23-2)10-7-15)21-20(22)13-24-19-11-8-16-4-3-5-17(16)12-19/h6-12,14H,3-5,13H2,1-2H3,(H,21,22)/t14-/m0/s1. The molecule has 0 aromatic heterocycles. The number of aryl methyl sites for hydroxylation is 2. The van der Waals surface area contributed by atoms with E-state index in [1.165, 1.54) is 17.5 Å². The maximum atomic E-state index is 12.1. The van der Waals surface area contributed by atoms with Crippen molar-refractivity contribution in [2.24, 2.45) is 0 Å². The van der Waals surface area contributed by atoms with Gasteiger partial charge in [-0.3, -0.25) is 4.79 Å². The average Bonchev–Trinajstić information content (AvgIpc) is 3.07. The van der Waals surface area contributed by atoms with Crippen molar-refractivity contribution >= 4 is 5.91 Å². The minimum absolute atomic E-state index is 0.0271. The van der Waals surface area contributed by atoms with Gasteiger partial charge in [-0.05, 0) is 67.1 Å². The molecule has 126 valence electrons. The Balaban J connectivity index is 1.51. The molecule has 24 heavy (non-hydrogen) atoms. The Labute approximate surface area is 142 Å². The van der Waals surface area contributed by atoms with E-state index in [9.17, 15) is 4.79 Å². The van der Waals surface area contributed by atoms with E-state index in [0.29, 0.717) is 0 Å². The molecule has 0 unspecified atom stereocenters. The summed E-state index contributed by atoms with van der Waals surface area (Å²) in [6.45, 7) is 1.98. The molecular weight excluding hydrogens is 302 g/mol. The fourth-order valence-electron chi connectivity index (χ4n) is 3.05. The second-order valence-corrected chi connectivity index (χ2v) is 6.14. The van der Waals surface area contributed by atoms with E-state index < -0.39 is 0 Å². The van der Waals surface area contributed by atoms with E-state index in [1.54, 1.807) is 7.11 Å². The molecule has 0 fully saturated rings. The molecular formula is C20H23NO3. The van der Waals surface area contributed by atoms with Crippen LogP contribution in [-0.4, -0.2) is 19.6 Å². The van der Waals surface area contributed by atoms with Crippen molar-refractivity contribution in [3.8, 4) is 11.5 Å². The lowest BCUT2D eigenvalue weighted by Gasteiger charge is -2.15. The van der Waals surface area contributed by atoms with E-state index in [-0.39, 0.29) is 18.6 Å². The Kier molecular flexibility index (Phi) is 5.04. The zero-order valence-electron chi connectivity index (χ0n) is 14.2. The van der Waals surface area contributed by atoms with Crippen molar-refractivity contribution in [3.63, 3.8) is 0 Å². The molecule has 0 heterocycles. The molecule has 4 heteroatoms. The third kappa shape index (κ3) is 3.88. The Hall–Kier alpha value is -2.49. The predicted octanol–water partition coefficient (Wildman–Crippen LogP) is 3.44. The summed E-state index contributed by atoms with van der Waals surface area (Å²) in [6.07, 6.45) is 3.46. The minimum atomic E-state index is -0.126. The highest BCUT2D eigenvalue weighted by atomic mass is 16.5. The Morgan fingerprint density at radius 2 is 1.79 bits per heavy atom. The van der Waals surface area contributed by atoms with Crippen molar-refractivity contribution in [2.45, 2.75) is 32.2 Å². The van der Waals surface area contributed by atoms with Crippen LogP contribution in [0, 0.1) is 0 Å². The summed E-state index contributed by atoms with van der Waals surface area (Å²) in [5.74, 6) is 1.44. The number of hydrogen-bond donors (Lipinski definition) is 1. The molecule has 3 rings (SSSR count). The Morgan fingerprint density at radius 1 is 1.08 bits per heavy atom. The molecule has 2 aromatic rings. The van der Waals surface area contributed by atoms with Gasteiger partial charge in [0.05, 0.1) is 13.2 Å². The summed E-state index contributed by atoms with van der Waals surface area (Å²) in [5, 5.41) is 2.95. The van der Waals surface area contributed by atoms with E-state index in [1.807, 2.05) is 37.3 Å². The summed E-state index contributed by atoms with van der Waals surface area (Å²) in [5.41, 5.74) is 3.78. The molecule has 0 spiro atoms. The van der Waals surface area contributed by atoms with Crippen LogP contribution in [0.3, 0.4) is 0 Å². The van der Waals surface area contributed by atoms with E-state index >= 15 is 0 Å². The number of fused-ring (bicyclic) bond motifs is 1. The zero-order chi connectivity index (χ0) is 16.9. The van der Waals surface area contributed by atoms with Crippen LogP contribution in [0.25, 0.3) is 0 Å². The van der Waals surface area contributed by atoms with Gasteiger partial charge < -0.3 is 14.8 Å². The molecule has 1 aliphatic carbocycles. The highest BCUT2D eigenvalue weighted by Gasteiger charge is 2.13. The van der Waals surface area contributed by atoms with Gasteiger partial charge >= 0.3 is 0 Å². The molecule has 0 bridgehead atoms. The molecule has 1 atom stereocenters. The molecule has 0 aliphatic heterocycles. The maximum Gasteiger partial charge on any atom is 0.258 e. The minimum Gasteiger partial charge on any atom is -0.497 e. The summed E-state index contributed by atoms with van der Waals surface area (Å²) in [6, 6.07) is 13.7. The van der Waals surface area contributed by atoms with Gasteiger partial charge in [-0.2, -0.15) is 0 Å². The second-order valence-electron chi connectivity index (χ2n) is 6.14. The number of benzene rings is 2. The molecule has 1 aliphatic rings. The largest absolute Gasteiger partial charge is 0.497 e. The maximum absolute atomic E-state index is 12.1. The Bertz CT molecular complexity index is 709. The van der Waals surface area contributed by atoms with Gasteiger partial charge in [-0.1, -0.05) is 18.2 Å². The number of nitrogens with one attached hydrogen (secondary N) is 1. The van der Waals surface area contributed by atoms with Crippen molar-refractivity contribution < 1.29 is 14.3 Å². The van der Waals surface area contributed by atoms with Crippen LogP contribution >= 0.6 is 0 Å². The zero-order valence-corrected chi connectivity index (χ0v) is 14.2. The first-order chi connectivity index (χ1) is 11.7. The predicted molar refractivity (Wildman–Crippen MR) is 93.5 cm³/mol. The number of ether oxygens (including phenoxy) is 2. The third-order valence-corrected chi connectivity index (χ3v) is 4.43. The fourth-order valence-corrected chi connectivity index (χ4v) is 3.05. The van der Waals surface area contributed by atoms with Gasteiger partial charge in [0.1, 0.15) is 11.5 Å². The molecule has 1 N–H and O–H groups in total. The van der Waals surface area contributed by atoms with Gasteiger partial charge in [0.15, 0.2) is 6.61 Å². The van der Waals surface area contributed by atoms with Gasteiger partial charge in [0.2, 0.25) is 0 Å². The number of methoxy groups -OCH3 is 1. The first-order valence-electron chi connectivity index (χ1n) is 8.33. The number of hydrogen-bond acceptors (Lipinski definition) is 3. The first kappa shape index (κ1) is 16.4.